The molecule has 7 heteroatoms. The molecule has 25 heavy (non-hydrogen) atoms. The van der Waals surface area contributed by atoms with E-state index in [0.29, 0.717) is 31.7 Å². The lowest BCUT2D eigenvalue weighted by molar-refractivity contribution is -0.147. The average Bonchev–Trinajstić information content (AvgIpc) is 3.24. The van der Waals surface area contributed by atoms with Gasteiger partial charge in [-0.3, -0.25) is 14.3 Å². The molecule has 7 nitrogen and oxygen atoms in total. The molecule has 2 aliphatic heterocycles. The van der Waals surface area contributed by atoms with Gasteiger partial charge in [-0.05, 0) is 38.3 Å². The number of carbonyl (C=O) groups is 2. The maximum absolute atomic E-state index is 13.1. The number of furan rings is 1. The maximum Gasteiger partial charge on any atom is 0.289 e. The van der Waals surface area contributed by atoms with Gasteiger partial charge < -0.3 is 14.2 Å². The minimum atomic E-state index is -0.682. The number of rotatable bonds is 3. The zero-order valence-electron chi connectivity index (χ0n) is 14.4. The van der Waals surface area contributed by atoms with Crippen LogP contribution in [-0.4, -0.2) is 57.6 Å². The normalized spacial score (nSPS) is 19.6. The average molecular weight is 342 g/mol. The first kappa shape index (κ1) is 15.9. The van der Waals surface area contributed by atoms with E-state index in [4.69, 9.17) is 4.42 Å². The lowest BCUT2D eigenvalue weighted by atomic mass is 9.85. The zero-order chi connectivity index (χ0) is 17.4. The van der Waals surface area contributed by atoms with Gasteiger partial charge in [0, 0.05) is 44.1 Å². The summed E-state index contributed by atoms with van der Waals surface area (Å²) < 4.78 is 7.12. The summed E-state index contributed by atoms with van der Waals surface area (Å²) in [7, 11) is 0. The van der Waals surface area contributed by atoms with Crippen LogP contribution in [0.1, 0.15) is 35.4 Å². The summed E-state index contributed by atoms with van der Waals surface area (Å²) >= 11 is 0. The van der Waals surface area contributed by atoms with E-state index >= 15 is 0 Å². The van der Waals surface area contributed by atoms with Crippen LogP contribution < -0.4 is 0 Å². The highest BCUT2D eigenvalue weighted by atomic mass is 16.3. The van der Waals surface area contributed by atoms with E-state index in [1.807, 2.05) is 24.1 Å². The van der Waals surface area contributed by atoms with Crippen LogP contribution in [0.25, 0.3) is 0 Å². The van der Waals surface area contributed by atoms with Crippen molar-refractivity contribution in [3.63, 3.8) is 0 Å². The molecule has 2 amide bonds. The fourth-order valence-corrected chi connectivity index (χ4v) is 3.69. The highest BCUT2D eigenvalue weighted by Crippen LogP contribution is 2.34. The second-order valence-corrected chi connectivity index (χ2v) is 6.85. The Labute approximate surface area is 146 Å². The van der Waals surface area contributed by atoms with E-state index in [1.54, 1.807) is 21.8 Å². The summed E-state index contributed by atoms with van der Waals surface area (Å²) in [6.45, 7) is 4.52. The molecule has 0 radical (unpaired) electrons. The number of aromatic nitrogens is 2. The Bertz CT molecular complexity index is 768. The number of carbonyl (C=O) groups excluding carboxylic acids is 2. The topological polar surface area (TPSA) is 71.6 Å². The van der Waals surface area contributed by atoms with Crippen molar-refractivity contribution in [3.05, 3.63) is 42.1 Å². The summed E-state index contributed by atoms with van der Waals surface area (Å²) in [4.78, 5) is 29.4. The summed E-state index contributed by atoms with van der Waals surface area (Å²) in [6.07, 6.45) is 7.28. The van der Waals surface area contributed by atoms with Gasteiger partial charge in [0.25, 0.3) is 11.8 Å². The van der Waals surface area contributed by atoms with Gasteiger partial charge in [0.05, 0.1) is 6.26 Å². The molecular weight excluding hydrogens is 320 g/mol. The first-order valence-electron chi connectivity index (χ1n) is 8.75. The SMILES string of the molecule is Cc1ccoc1C(=O)N1CCC(C(=O)N2CCC2)(n2cccn2)CC1. The fraction of sp³-hybridized carbons (Fsp3) is 0.500. The smallest absolute Gasteiger partial charge is 0.289 e. The molecule has 2 aromatic heterocycles. The van der Waals surface area contributed by atoms with E-state index < -0.39 is 5.54 Å². The number of amides is 2. The molecule has 0 spiro atoms. The highest BCUT2D eigenvalue weighted by molar-refractivity contribution is 5.93. The van der Waals surface area contributed by atoms with Gasteiger partial charge in [0.1, 0.15) is 5.54 Å². The molecule has 0 unspecified atom stereocenters. The summed E-state index contributed by atoms with van der Waals surface area (Å²) in [6, 6.07) is 3.63. The first-order chi connectivity index (χ1) is 12.1. The van der Waals surface area contributed by atoms with Crippen molar-refractivity contribution in [2.75, 3.05) is 26.2 Å². The molecule has 4 rings (SSSR count). The number of piperidine rings is 1. The minimum Gasteiger partial charge on any atom is -0.459 e. The van der Waals surface area contributed by atoms with Crippen LogP contribution in [0.4, 0.5) is 0 Å². The third-order valence-corrected chi connectivity index (χ3v) is 5.42. The third-order valence-electron chi connectivity index (χ3n) is 5.42. The molecule has 2 aliphatic rings. The second-order valence-electron chi connectivity index (χ2n) is 6.85. The van der Waals surface area contributed by atoms with E-state index in [-0.39, 0.29) is 11.8 Å². The van der Waals surface area contributed by atoms with Crippen molar-refractivity contribution in [1.82, 2.24) is 19.6 Å². The van der Waals surface area contributed by atoms with Crippen LogP contribution in [0.15, 0.2) is 35.2 Å². The van der Waals surface area contributed by atoms with Gasteiger partial charge in [-0.15, -0.1) is 0 Å². The van der Waals surface area contributed by atoms with Crippen LogP contribution in [0, 0.1) is 6.92 Å². The standard InChI is InChI=1S/C18H22N4O3/c1-14-4-13-25-15(14)16(23)20-11-5-18(6-12-20,22-10-2-7-19-22)17(24)21-8-3-9-21/h2,4,7,10,13H,3,5-6,8-9,11-12H2,1H3. The predicted molar refractivity (Wildman–Crippen MR) is 90.0 cm³/mol. The maximum atomic E-state index is 13.1. The number of hydrogen-bond acceptors (Lipinski definition) is 4. The lowest BCUT2D eigenvalue weighted by Crippen LogP contribution is -2.59. The number of nitrogens with zero attached hydrogens (tertiary/aromatic N) is 4. The van der Waals surface area contributed by atoms with Crippen molar-refractivity contribution < 1.29 is 14.0 Å². The van der Waals surface area contributed by atoms with E-state index in [1.165, 1.54) is 6.26 Å². The molecule has 0 atom stereocenters. The van der Waals surface area contributed by atoms with Gasteiger partial charge >= 0.3 is 0 Å². The molecule has 0 N–H and O–H groups in total. The van der Waals surface area contributed by atoms with Crippen molar-refractivity contribution in [1.29, 1.82) is 0 Å². The van der Waals surface area contributed by atoms with Crippen LogP contribution in [0.3, 0.4) is 0 Å². The molecular formula is C18H22N4O3. The molecule has 2 saturated heterocycles. The van der Waals surface area contributed by atoms with Crippen molar-refractivity contribution in [3.8, 4) is 0 Å². The summed E-state index contributed by atoms with van der Waals surface area (Å²) in [5.74, 6) is 0.414. The first-order valence-corrected chi connectivity index (χ1v) is 8.75. The Morgan fingerprint density at radius 1 is 1.16 bits per heavy atom. The van der Waals surface area contributed by atoms with Gasteiger partial charge in [0.15, 0.2) is 5.76 Å². The predicted octanol–water partition coefficient (Wildman–Crippen LogP) is 1.65. The lowest BCUT2D eigenvalue weighted by Gasteiger charge is -2.45. The molecule has 132 valence electrons. The van der Waals surface area contributed by atoms with Gasteiger partial charge in [0.2, 0.25) is 0 Å². The van der Waals surface area contributed by atoms with Crippen molar-refractivity contribution in [2.45, 2.75) is 31.7 Å². The molecule has 0 saturated carbocycles. The quantitative estimate of drug-likeness (QED) is 0.850. The van der Waals surface area contributed by atoms with E-state index in [0.717, 1.165) is 25.1 Å². The molecule has 4 heterocycles. The van der Waals surface area contributed by atoms with Crippen LogP contribution >= 0.6 is 0 Å². The summed E-state index contributed by atoms with van der Waals surface area (Å²) in [5, 5.41) is 4.36. The van der Waals surface area contributed by atoms with E-state index in [9.17, 15) is 9.59 Å². The number of aryl methyl sites for hydroxylation is 1. The minimum absolute atomic E-state index is 0.104. The Morgan fingerprint density at radius 2 is 1.92 bits per heavy atom. The third kappa shape index (κ3) is 2.54. The van der Waals surface area contributed by atoms with Crippen molar-refractivity contribution >= 4 is 11.8 Å². The Morgan fingerprint density at radius 3 is 2.44 bits per heavy atom. The molecule has 2 aromatic rings. The monoisotopic (exact) mass is 342 g/mol. The van der Waals surface area contributed by atoms with Crippen molar-refractivity contribution in [2.24, 2.45) is 0 Å². The Hall–Kier alpha value is -2.57. The summed E-state index contributed by atoms with van der Waals surface area (Å²) in [5.41, 5.74) is 0.157. The zero-order valence-corrected chi connectivity index (χ0v) is 14.4. The Balaban J connectivity index is 1.55. The molecule has 0 aliphatic carbocycles. The fourth-order valence-electron chi connectivity index (χ4n) is 3.69. The Kier molecular flexibility index (Phi) is 3.86. The largest absolute Gasteiger partial charge is 0.459 e. The second kappa shape index (κ2) is 6.06. The number of hydrogen-bond donors (Lipinski definition) is 0. The number of likely N-dealkylation sites (tertiary alicyclic amines) is 2. The van der Waals surface area contributed by atoms with Crippen LogP contribution in [0.2, 0.25) is 0 Å². The highest BCUT2D eigenvalue weighted by Gasteiger charge is 2.47. The molecule has 0 bridgehead atoms. The molecule has 0 aromatic carbocycles. The van der Waals surface area contributed by atoms with Gasteiger partial charge in [-0.25, -0.2) is 0 Å². The van der Waals surface area contributed by atoms with Crippen LogP contribution in [0.5, 0.6) is 0 Å². The van der Waals surface area contributed by atoms with Crippen LogP contribution in [-0.2, 0) is 10.3 Å². The van der Waals surface area contributed by atoms with Gasteiger partial charge in [-0.2, -0.15) is 5.10 Å². The van der Waals surface area contributed by atoms with E-state index in [2.05, 4.69) is 5.10 Å². The molecule has 2 fully saturated rings. The van der Waals surface area contributed by atoms with Gasteiger partial charge in [-0.1, -0.05) is 0 Å².